The smallest absolute Gasteiger partial charge is 0.326 e. The summed E-state index contributed by atoms with van der Waals surface area (Å²) < 4.78 is 13.1. The van der Waals surface area contributed by atoms with Crippen LogP contribution in [-0.4, -0.2) is 23.1 Å². The molecule has 0 saturated heterocycles. The number of amides is 2. The van der Waals surface area contributed by atoms with Crippen molar-refractivity contribution in [2.24, 2.45) is 0 Å². The average Bonchev–Trinajstić information content (AvgIpc) is 2.32. The SMILES string of the molecule is CCCC[C@H](NC(=O)Nc1cc(F)cc(Cl)c1)C(=O)O. The Bertz CT molecular complexity index is 476. The summed E-state index contributed by atoms with van der Waals surface area (Å²) >= 11 is 5.65. The lowest BCUT2D eigenvalue weighted by Gasteiger charge is -2.15. The molecule has 7 heteroatoms. The minimum atomic E-state index is -1.11. The third kappa shape index (κ3) is 5.44. The fraction of sp³-hybridized carbons (Fsp3) is 0.385. The van der Waals surface area contributed by atoms with Crippen LogP contribution in [0.4, 0.5) is 14.9 Å². The molecule has 5 nitrogen and oxygen atoms in total. The summed E-state index contributed by atoms with van der Waals surface area (Å²) in [5.41, 5.74) is 0.159. The molecule has 2 amide bonds. The van der Waals surface area contributed by atoms with E-state index < -0.39 is 23.9 Å². The van der Waals surface area contributed by atoms with Crippen molar-refractivity contribution in [1.82, 2.24) is 5.32 Å². The van der Waals surface area contributed by atoms with Crippen molar-refractivity contribution >= 4 is 29.3 Å². The van der Waals surface area contributed by atoms with Gasteiger partial charge in [-0.25, -0.2) is 14.0 Å². The highest BCUT2D eigenvalue weighted by atomic mass is 35.5. The van der Waals surface area contributed by atoms with E-state index in [2.05, 4.69) is 10.6 Å². The van der Waals surface area contributed by atoms with Crippen molar-refractivity contribution in [1.29, 1.82) is 0 Å². The van der Waals surface area contributed by atoms with E-state index in [1.165, 1.54) is 6.07 Å². The highest BCUT2D eigenvalue weighted by Crippen LogP contribution is 2.17. The predicted octanol–water partition coefficient (Wildman–Crippen LogP) is 3.24. The quantitative estimate of drug-likeness (QED) is 0.755. The number of nitrogens with one attached hydrogen (secondary N) is 2. The Morgan fingerprint density at radius 1 is 1.40 bits per heavy atom. The molecule has 1 aromatic carbocycles. The van der Waals surface area contributed by atoms with Gasteiger partial charge in [-0.1, -0.05) is 31.4 Å². The number of urea groups is 1. The van der Waals surface area contributed by atoms with Gasteiger partial charge in [0.05, 0.1) is 0 Å². The molecule has 1 rings (SSSR count). The topological polar surface area (TPSA) is 78.4 Å². The predicted molar refractivity (Wildman–Crippen MR) is 74.5 cm³/mol. The third-order valence-corrected chi connectivity index (χ3v) is 2.79. The molecule has 0 aliphatic heterocycles. The number of halogens is 2. The molecule has 1 aromatic rings. The van der Waals surface area contributed by atoms with Crippen molar-refractivity contribution in [2.75, 3.05) is 5.32 Å². The van der Waals surface area contributed by atoms with Gasteiger partial charge in [0.25, 0.3) is 0 Å². The van der Waals surface area contributed by atoms with E-state index in [4.69, 9.17) is 16.7 Å². The van der Waals surface area contributed by atoms with Gasteiger partial charge < -0.3 is 15.7 Å². The number of carbonyl (C=O) groups is 2. The van der Waals surface area contributed by atoms with Crippen molar-refractivity contribution in [3.63, 3.8) is 0 Å². The number of benzene rings is 1. The molecule has 0 unspecified atom stereocenters. The molecule has 0 saturated carbocycles. The van der Waals surface area contributed by atoms with Crippen LogP contribution in [0.3, 0.4) is 0 Å². The number of carboxylic acids is 1. The Morgan fingerprint density at radius 2 is 2.10 bits per heavy atom. The summed E-state index contributed by atoms with van der Waals surface area (Å²) in [6.45, 7) is 1.92. The first-order chi connectivity index (χ1) is 9.42. The molecule has 0 aromatic heterocycles. The van der Waals surface area contributed by atoms with Crippen LogP contribution in [0, 0.1) is 5.82 Å². The van der Waals surface area contributed by atoms with Crippen LogP contribution in [0.15, 0.2) is 18.2 Å². The van der Waals surface area contributed by atoms with Crippen LogP contribution < -0.4 is 10.6 Å². The van der Waals surface area contributed by atoms with Gasteiger partial charge in [-0.3, -0.25) is 0 Å². The van der Waals surface area contributed by atoms with Crippen molar-refractivity contribution in [3.05, 3.63) is 29.0 Å². The van der Waals surface area contributed by atoms with Gasteiger partial charge in [0.15, 0.2) is 0 Å². The van der Waals surface area contributed by atoms with Crippen molar-refractivity contribution in [3.8, 4) is 0 Å². The number of rotatable bonds is 6. The van der Waals surface area contributed by atoms with Gasteiger partial charge >= 0.3 is 12.0 Å². The van der Waals surface area contributed by atoms with Gasteiger partial charge in [-0.2, -0.15) is 0 Å². The molecule has 110 valence electrons. The number of carboxylic acid groups (broad SMARTS) is 1. The van der Waals surface area contributed by atoms with Crippen LogP contribution >= 0.6 is 11.6 Å². The largest absolute Gasteiger partial charge is 0.480 e. The molecule has 0 spiro atoms. The summed E-state index contributed by atoms with van der Waals surface area (Å²) in [5, 5.41) is 13.8. The zero-order valence-electron chi connectivity index (χ0n) is 11.0. The summed E-state index contributed by atoms with van der Waals surface area (Å²) in [4.78, 5) is 22.6. The first-order valence-electron chi connectivity index (χ1n) is 6.18. The maximum absolute atomic E-state index is 13.1. The molecule has 0 aliphatic rings. The number of aliphatic carboxylic acids is 1. The normalized spacial score (nSPS) is 11.8. The van der Waals surface area contributed by atoms with Crippen molar-refractivity contribution < 1.29 is 19.1 Å². The molecule has 0 fully saturated rings. The molecule has 3 N–H and O–H groups in total. The number of hydrogen-bond donors (Lipinski definition) is 3. The summed E-state index contributed by atoms with van der Waals surface area (Å²) in [6, 6.07) is 1.87. The zero-order valence-corrected chi connectivity index (χ0v) is 11.7. The van der Waals surface area contributed by atoms with E-state index >= 15 is 0 Å². The van der Waals surface area contributed by atoms with E-state index in [1.54, 1.807) is 0 Å². The van der Waals surface area contributed by atoms with Gasteiger partial charge in [0.2, 0.25) is 0 Å². The maximum Gasteiger partial charge on any atom is 0.326 e. The molecule has 1 atom stereocenters. The summed E-state index contributed by atoms with van der Waals surface area (Å²) in [6.07, 6.45) is 1.85. The van der Waals surface area contributed by atoms with Crippen molar-refractivity contribution in [2.45, 2.75) is 32.2 Å². The van der Waals surface area contributed by atoms with Gasteiger partial charge in [-0.05, 0) is 24.6 Å². The molecule has 0 heterocycles. The van der Waals surface area contributed by atoms with Gasteiger partial charge in [0, 0.05) is 10.7 Å². The standard InChI is InChI=1S/C13H16ClFN2O3/c1-2-3-4-11(12(18)19)17-13(20)16-10-6-8(14)5-9(15)7-10/h5-7,11H,2-4H2,1H3,(H,18,19)(H2,16,17,20)/t11-/m0/s1. The van der Waals surface area contributed by atoms with Crippen LogP contribution in [0.2, 0.25) is 5.02 Å². The van der Waals surface area contributed by atoms with E-state index in [0.29, 0.717) is 12.8 Å². The van der Waals surface area contributed by atoms with Crippen LogP contribution in [0.5, 0.6) is 0 Å². The van der Waals surface area contributed by atoms with Gasteiger partial charge in [-0.15, -0.1) is 0 Å². The second-order valence-electron chi connectivity index (χ2n) is 4.29. The fourth-order valence-corrected chi connectivity index (χ4v) is 1.84. The Labute approximate surface area is 121 Å². The first-order valence-corrected chi connectivity index (χ1v) is 6.56. The summed E-state index contributed by atoms with van der Waals surface area (Å²) in [7, 11) is 0. The lowest BCUT2D eigenvalue weighted by atomic mass is 10.1. The number of anilines is 1. The Hall–Kier alpha value is -1.82. The zero-order chi connectivity index (χ0) is 15.1. The minimum Gasteiger partial charge on any atom is -0.480 e. The Kier molecular flexibility index (Phi) is 6.24. The lowest BCUT2D eigenvalue weighted by molar-refractivity contribution is -0.139. The van der Waals surface area contributed by atoms with E-state index in [1.807, 2.05) is 6.92 Å². The molecule has 0 aliphatic carbocycles. The highest BCUT2D eigenvalue weighted by Gasteiger charge is 2.19. The Balaban J connectivity index is 2.63. The van der Waals surface area contributed by atoms with Gasteiger partial charge in [0.1, 0.15) is 11.9 Å². The number of carbonyl (C=O) groups excluding carboxylic acids is 1. The number of unbranched alkanes of at least 4 members (excludes halogenated alkanes) is 1. The molecular formula is C13H16ClFN2O3. The molecule has 0 radical (unpaired) electrons. The van der Waals surface area contributed by atoms with Crippen LogP contribution in [0.1, 0.15) is 26.2 Å². The first kappa shape index (κ1) is 16.2. The van der Waals surface area contributed by atoms with Crippen LogP contribution in [0.25, 0.3) is 0 Å². The molecule has 0 bridgehead atoms. The maximum atomic E-state index is 13.1. The van der Waals surface area contributed by atoms with E-state index in [9.17, 15) is 14.0 Å². The van der Waals surface area contributed by atoms with E-state index in [-0.39, 0.29) is 10.7 Å². The second-order valence-corrected chi connectivity index (χ2v) is 4.73. The van der Waals surface area contributed by atoms with Crippen LogP contribution in [-0.2, 0) is 4.79 Å². The van der Waals surface area contributed by atoms with E-state index in [0.717, 1.165) is 18.6 Å². The third-order valence-electron chi connectivity index (χ3n) is 2.57. The summed E-state index contributed by atoms with van der Waals surface area (Å²) in [5.74, 6) is -1.69. The lowest BCUT2D eigenvalue weighted by Crippen LogP contribution is -2.42. The number of hydrogen-bond acceptors (Lipinski definition) is 2. The average molecular weight is 303 g/mol. The highest BCUT2D eigenvalue weighted by molar-refractivity contribution is 6.30. The molecule has 20 heavy (non-hydrogen) atoms. The molecular weight excluding hydrogens is 287 g/mol. The minimum absolute atomic E-state index is 0.140. The fourth-order valence-electron chi connectivity index (χ4n) is 1.62. The Morgan fingerprint density at radius 3 is 2.65 bits per heavy atom. The monoisotopic (exact) mass is 302 g/mol. The second kappa shape index (κ2) is 7.69.